The molecule has 4 rings (SSSR count). The molecule has 0 saturated heterocycles. The van der Waals surface area contributed by atoms with E-state index in [4.69, 9.17) is 9.47 Å². The Morgan fingerprint density at radius 2 is 1.73 bits per heavy atom. The number of thiazole rings is 1. The molecule has 0 spiro atoms. The average molecular weight is 365 g/mol. The predicted molar refractivity (Wildman–Crippen MR) is 107 cm³/mol. The highest BCUT2D eigenvalue weighted by atomic mass is 32.1. The third-order valence-corrected chi connectivity index (χ3v) is 4.81. The van der Waals surface area contributed by atoms with Crippen LogP contribution >= 0.6 is 11.3 Å². The van der Waals surface area contributed by atoms with E-state index < -0.39 is 0 Å². The van der Waals surface area contributed by atoms with Crippen LogP contribution in [0.4, 0.5) is 11.4 Å². The lowest BCUT2D eigenvalue weighted by molar-refractivity contribution is 0.288. The van der Waals surface area contributed by atoms with E-state index in [1.54, 1.807) is 17.5 Å². The molecule has 0 fully saturated rings. The fourth-order valence-corrected chi connectivity index (χ4v) is 3.60. The minimum atomic E-state index is 0.580. The van der Waals surface area contributed by atoms with Gasteiger partial charge in [-0.3, -0.25) is 4.98 Å². The van der Waals surface area contributed by atoms with Crippen LogP contribution in [0.1, 0.15) is 13.8 Å². The van der Waals surface area contributed by atoms with Gasteiger partial charge in [0.25, 0.3) is 0 Å². The van der Waals surface area contributed by atoms with Crippen molar-refractivity contribution in [3.05, 3.63) is 48.1 Å². The zero-order valence-electron chi connectivity index (χ0n) is 14.7. The number of nitrogens with zero attached hydrogens (tertiary/aromatic N) is 2. The van der Waals surface area contributed by atoms with E-state index in [1.165, 1.54) is 0 Å². The summed E-state index contributed by atoms with van der Waals surface area (Å²) in [4.78, 5) is 8.81. The molecule has 5 nitrogen and oxygen atoms in total. The molecule has 0 aliphatic carbocycles. The Bertz CT molecular complexity index is 1060. The van der Waals surface area contributed by atoms with Gasteiger partial charge in [0, 0.05) is 29.0 Å². The molecular weight excluding hydrogens is 346 g/mol. The second-order valence-corrected chi connectivity index (χ2v) is 6.59. The van der Waals surface area contributed by atoms with Gasteiger partial charge < -0.3 is 14.8 Å². The zero-order valence-corrected chi connectivity index (χ0v) is 15.5. The van der Waals surface area contributed by atoms with Gasteiger partial charge >= 0.3 is 0 Å². The van der Waals surface area contributed by atoms with Gasteiger partial charge in [-0.2, -0.15) is 0 Å². The summed E-state index contributed by atoms with van der Waals surface area (Å²) in [7, 11) is 0. The fourth-order valence-electron chi connectivity index (χ4n) is 2.89. The third-order valence-electron chi connectivity index (χ3n) is 4.02. The van der Waals surface area contributed by atoms with Crippen molar-refractivity contribution in [2.45, 2.75) is 13.8 Å². The van der Waals surface area contributed by atoms with E-state index in [-0.39, 0.29) is 0 Å². The first kappa shape index (κ1) is 16.6. The lowest BCUT2D eigenvalue weighted by atomic mass is 10.1. The van der Waals surface area contributed by atoms with Crippen LogP contribution in [0.15, 0.2) is 48.1 Å². The van der Waals surface area contributed by atoms with Crippen LogP contribution < -0.4 is 14.8 Å². The average Bonchev–Trinajstić information content (AvgIpc) is 3.11. The molecule has 0 radical (unpaired) electrons. The molecule has 4 aromatic rings. The number of rotatable bonds is 6. The van der Waals surface area contributed by atoms with Crippen LogP contribution in [0.5, 0.6) is 11.5 Å². The fraction of sp³-hybridized carbons (Fsp3) is 0.200. The first-order valence-corrected chi connectivity index (χ1v) is 9.45. The highest BCUT2D eigenvalue weighted by molar-refractivity contribution is 7.16. The standard InChI is InChI=1S/C20H19N3O2S/c1-3-24-18-10-14-15(7-8-21-17(14)11-19(18)25-4-2)23-13-5-6-16-20(9-13)26-12-22-16/h5-12H,3-4H2,1-2H3,(H,21,23). The van der Waals surface area contributed by atoms with Crippen molar-refractivity contribution in [3.8, 4) is 11.5 Å². The zero-order chi connectivity index (χ0) is 17.9. The summed E-state index contributed by atoms with van der Waals surface area (Å²) in [6, 6.07) is 12.1. The quantitative estimate of drug-likeness (QED) is 0.497. The Kier molecular flexibility index (Phi) is 4.58. The van der Waals surface area contributed by atoms with E-state index in [1.807, 2.05) is 49.7 Å². The van der Waals surface area contributed by atoms with Gasteiger partial charge in [-0.1, -0.05) is 0 Å². The van der Waals surface area contributed by atoms with Gasteiger partial charge in [-0.25, -0.2) is 4.98 Å². The summed E-state index contributed by atoms with van der Waals surface area (Å²) in [5, 5.41) is 4.48. The van der Waals surface area contributed by atoms with Crippen LogP contribution in [-0.2, 0) is 0 Å². The molecule has 6 heteroatoms. The molecule has 2 aromatic heterocycles. The second-order valence-electron chi connectivity index (χ2n) is 5.70. The van der Waals surface area contributed by atoms with Crippen molar-refractivity contribution in [2.24, 2.45) is 0 Å². The van der Waals surface area contributed by atoms with Crippen LogP contribution in [0.25, 0.3) is 21.1 Å². The van der Waals surface area contributed by atoms with Crippen molar-refractivity contribution in [1.82, 2.24) is 9.97 Å². The molecule has 0 saturated carbocycles. The molecule has 0 aliphatic rings. The summed E-state index contributed by atoms with van der Waals surface area (Å²) >= 11 is 1.63. The maximum atomic E-state index is 5.76. The van der Waals surface area contributed by atoms with Gasteiger partial charge in [0.1, 0.15) is 0 Å². The first-order valence-electron chi connectivity index (χ1n) is 8.57. The lowest BCUT2D eigenvalue weighted by Crippen LogP contribution is -2.00. The number of hydrogen-bond donors (Lipinski definition) is 1. The summed E-state index contributed by atoms with van der Waals surface area (Å²) < 4.78 is 12.6. The highest BCUT2D eigenvalue weighted by Gasteiger charge is 2.11. The Hall–Kier alpha value is -2.86. The maximum absolute atomic E-state index is 5.76. The molecule has 2 aromatic carbocycles. The summed E-state index contributed by atoms with van der Waals surface area (Å²) in [6.07, 6.45) is 1.80. The Labute approximate surface area is 155 Å². The van der Waals surface area contributed by atoms with E-state index in [0.717, 1.165) is 44.0 Å². The second kappa shape index (κ2) is 7.17. The van der Waals surface area contributed by atoms with Gasteiger partial charge in [0.05, 0.1) is 34.5 Å². The number of anilines is 2. The van der Waals surface area contributed by atoms with Crippen molar-refractivity contribution in [3.63, 3.8) is 0 Å². The van der Waals surface area contributed by atoms with E-state index in [2.05, 4.69) is 21.4 Å². The van der Waals surface area contributed by atoms with Gasteiger partial charge in [0.2, 0.25) is 0 Å². The Morgan fingerprint density at radius 1 is 0.923 bits per heavy atom. The smallest absolute Gasteiger partial charge is 0.163 e. The Morgan fingerprint density at radius 3 is 2.54 bits per heavy atom. The van der Waals surface area contributed by atoms with Crippen molar-refractivity contribution >= 4 is 43.8 Å². The minimum absolute atomic E-state index is 0.580. The minimum Gasteiger partial charge on any atom is -0.490 e. The maximum Gasteiger partial charge on any atom is 0.163 e. The molecule has 132 valence electrons. The normalized spacial score (nSPS) is 11.0. The topological polar surface area (TPSA) is 56.3 Å². The van der Waals surface area contributed by atoms with Gasteiger partial charge in [-0.15, -0.1) is 11.3 Å². The Balaban J connectivity index is 1.77. The van der Waals surface area contributed by atoms with E-state index >= 15 is 0 Å². The molecule has 2 heterocycles. The summed E-state index contributed by atoms with van der Waals surface area (Å²) in [5.74, 6) is 1.45. The molecule has 0 unspecified atom stereocenters. The number of pyridine rings is 1. The lowest BCUT2D eigenvalue weighted by Gasteiger charge is -2.14. The van der Waals surface area contributed by atoms with Crippen LogP contribution in [-0.4, -0.2) is 23.2 Å². The van der Waals surface area contributed by atoms with Crippen LogP contribution in [0.2, 0.25) is 0 Å². The van der Waals surface area contributed by atoms with Gasteiger partial charge in [-0.05, 0) is 44.2 Å². The first-order chi connectivity index (χ1) is 12.8. The van der Waals surface area contributed by atoms with Crippen molar-refractivity contribution in [1.29, 1.82) is 0 Å². The summed E-state index contributed by atoms with van der Waals surface area (Å²) in [6.45, 7) is 5.09. The van der Waals surface area contributed by atoms with Crippen molar-refractivity contribution < 1.29 is 9.47 Å². The number of fused-ring (bicyclic) bond motifs is 2. The van der Waals surface area contributed by atoms with Crippen LogP contribution in [0.3, 0.4) is 0 Å². The molecule has 0 aliphatic heterocycles. The molecule has 0 atom stereocenters. The number of nitrogens with one attached hydrogen (secondary N) is 1. The highest BCUT2D eigenvalue weighted by Crippen LogP contribution is 2.36. The summed E-state index contributed by atoms with van der Waals surface area (Å²) in [5.41, 5.74) is 5.73. The SMILES string of the molecule is CCOc1cc2nccc(Nc3ccc4ncsc4c3)c2cc1OCC. The number of hydrogen-bond acceptors (Lipinski definition) is 6. The number of aromatic nitrogens is 2. The molecule has 26 heavy (non-hydrogen) atoms. The van der Waals surface area contributed by atoms with E-state index in [9.17, 15) is 0 Å². The third kappa shape index (κ3) is 3.15. The molecular formula is C20H19N3O2S. The number of benzene rings is 2. The molecule has 0 bridgehead atoms. The van der Waals surface area contributed by atoms with Crippen molar-refractivity contribution in [2.75, 3.05) is 18.5 Å². The molecule has 0 amide bonds. The largest absolute Gasteiger partial charge is 0.490 e. The van der Waals surface area contributed by atoms with Crippen LogP contribution in [0, 0.1) is 0 Å². The van der Waals surface area contributed by atoms with E-state index in [0.29, 0.717) is 13.2 Å². The predicted octanol–water partition coefficient (Wildman–Crippen LogP) is 5.39. The monoisotopic (exact) mass is 365 g/mol. The number of ether oxygens (including phenoxy) is 2. The van der Waals surface area contributed by atoms with Gasteiger partial charge in [0.15, 0.2) is 11.5 Å². The molecule has 1 N–H and O–H groups in total.